The molecule has 0 spiro atoms. The molecule has 1 aromatic carbocycles. The molecular weight excluding hydrogens is 288 g/mol. The molecule has 1 aliphatic rings. The number of nitrogens with zero attached hydrogens (tertiary/aromatic N) is 3. The Hall–Kier alpha value is -2.06. The van der Waals surface area contributed by atoms with Crippen LogP contribution in [0.4, 0.5) is 5.69 Å². The molecule has 1 aromatic rings. The lowest BCUT2D eigenvalue weighted by Gasteiger charge is -2.33. The summed E-state index contributed by atoms with van der Waals surface area (Å²) in [5.41, 5.74) is 6.21. The molecule has 0 amide bonds. The quantitative estimate of drug-likeness (QED) is 0.631. The number of nitrogen functional groups attached to an aromatic ring is 1. The van der Waals surface area contributed by atoms with Gasteiger partial charge in [-0.05, 0) is 18.2 Å². The van der Waals surface area contributed by atoms with Gasteiger partial charge in [-0.3, -0.25) is 4.90 Å². The second-order valence-corrected chi connectivity index (χ2v) is 6.66. The first-order valence-corrected chi connectivity index (χ1v) is 7.88. The predicted octanol–water partition coefficient (Wildman–Crippen LogP) is 0.0800. The fourth-order valence-corrected chi connectivity index (χ4v) is 3.77. The molecular formula is C14H16N4O2S. The van der Waals surface area contributed by atoms with Crippen LogP contribution in [0.2, 0.25) is 0 Å². The first-order chi connectivity index (χ1) is 9.98. The van der Waals surface area contributed by atoms with Crippen LogP contribution in [0, 0.1) is 23.7 Å². The number of sulfonamides is 1. The van der Waals surface area contributed by atoms with Gasteiger partial charge in [-0.1, -0.05) is 5.92 Å². The van der Waals surface area contributed by atoms with Crippen LogP contribution in [0.3, 0.4) is 0 Å². The maximum atomic E-state index is 12.6. The second-order valence-electron chi connectivity index (χ2n) is 4.75. The van der Waals surface area contributed by atoms with Crippen molar-refractivity contribution in [1.82, 2.24) is 9.21 Å². The molecule has 1 heterocycles. The monoisotopic (exact) mass is 304 g/mol. The molecule has 0 bridgehead atoms. The van der Waals surface area contributed by atoms with Gasteiger partial charge in [-0.2, -0.15) is 9.57 Å². The Morgan fingerprint density at radius 2 is 1.95 bits per heavy atom. The van der Waals surface area contributed by atoms with Crippen LogP contribution in [0.15, 0.2) is 23.1 Å². The minimum Gasteiger partial charge on any atom is -0.398 e. The van der Waals surface area contributed by atoms with Gasteiger partial charge in [-0.25, -0.2) is 8.42 Å². The number of benzene rings is 1. The highest BCUT2D eigenvalue weighted by Gasteiger charge is 2.29. The van der Waals surface area contributed by atoms with Crippen LogP contribution in [0.5, 0.6) is 0 Å². The fraction of sp³-hybridized carbons (Fsp3) is 0.357. The van der Waals surface area contributed by atoms with Crippen LogP contribution in [-0.2, 0) is 10.0 Å². The molecule has 21 heavy (non-hydrogen) atoms. The normalized spacial score (nSPS) is 17.0. The van der Waals surface area contributed by atoms with E-state index in [9.17, 15) is 8.42 Å². The fourth-order valence-electron chi connectivity index (χ4n) is 2.25. The lowest BCUT2D eigenvalue weighted by molar-refractivity contribution is 0.207. The molecule has 1 aliphatic heterocycles. The van der Waals surface area contributed by atoms with Crippen molar-refractivity contribution in [3.05, 3.63) is 23.8 Å². The summed E-state index contributed by atoms with van der Waals surface area (Å²) in [4.78, 5) is 2.07. The minimum atomic E-state index is -3.64. The minimum absolute atomic E-state index is 0.0481. The van der Waals surface area contributed by atoms with Gasteiger partial charge in [-0.15, -0.1) is 6.42 Å². The number of nitrogens with two attached hydrogens (primary N) is 1. The van der Waals surface area contributed by atoms with Gasteiger partial charge in [0.15, 0.2) is 0 Å². The molecule has 0 atom stereocenters. The van der Waals surface area contributed by atoms with Crippen LogP contribution >= 0.6 is 0 Å². The van der Waals surface area contributed by atoms with E-state index in [0.717, 1.165) is 0 Å². The van der Waals surface area contributed by atoms with Gasteiger partial charge in [0.25, 0.3) is 0 Å². The highest BCUT2D eigenvalue weighted by molar-refractivity contribution is 7.89. The topological polar surface area (TPSA) is 90.4 Å². The van der Waals surface area contributed by atoms with Crippen molar-refractivity contribution in [2.24, 2.45) is 0 Å². The average Bonchev–Trinajstić information content (AvgIpc) is 2.47. The summed E-state index contributed by atoms with van der Waals surface area (Å²) in [6, 6.07) is 6.15. The van der Waals surface area contributed by atoms with Crippen molar-refractivity contribution in [2.45, 2.75) is 4.90 Å². The van der Waals surface area contributed by atoms with Crippen molar-refractivity contribution in [1.29, 1.82) is 5.26 Å². The molecule has 0 radical (unpaired) electrons. The maximum absolute atomic E-state index is 12.6. The number of terminal acetylenes is 1. The van der Waals surface area contributed by atoms with Crippen LogP contribution < -0.4 is 5.73 Å². The number of hydrogen-bond acceptors (Lipinski definition) is 5. The van der Waals surface area contributed by atoms with E-state index in [0.29, 0.717) is 38.3 Å². The second kappa shape index (κ2) is 6.15. The molecule has 7 heteroatoms. The van der Waals surface area contributed by atoms with E-state index in [1.165, 1.54) is 22.5 Å². The summed E-state index contributed by atoms with van der Waals surface area (Å²) < 4.78 is 26.6. The van der Waals surface area contributed by atoms with Gasteiger partial charge >= 0.3 is 0 Å². The molecule has 0 unspecified atom stereocenters. The maximum Gasteiger partial charge on any atom is 0.245 e. The Balaban J connectivity index is 2.20. The third-order valence-corrected chi connectivity index (χ3v) is 5.38. The third kappa shape index (κ3) is 3.17. The number of rotatable bonds is 3. The molecule has 2 N–H and O–H groups in total. The van der Waals surface area contributed by atoms with Crippen molar-refractivity contribution in [3.8, 4) is 18.4 Å². The van der Waals surface area contributed by atoms with E-state index in [4.69, 9.17) is 17.4 Å². The van der Waals surface area contributed by atoms with Crippen molar-refractivity contribution < 1.29 is 8.42 Å². The number of nitriles is 1. The Morgan fingerprint density at radius 1 is 1.29 bits per heavy atom. The van der Waals surface area contributed by atoms with Crippen molar-refractivity contribution in [3.63, 3.8) is 0 Å². The summed E-state index contributed by atoms with van der Waals surface area (Å²) in [6.07, 6.45) is 5.25. The van der Waals surface area contributed by atoms with E-state index in [1.54, 1.807) is 0 Å². The van der Waals surface area contributed by atoms with Gasteiger partial charge < -0.3 is 5.73 Å². The van der Waals surface area contributed by atoms with E-state index < -0.39 is 10.0 Å². The molecule has 110 valence electrons. The zero-order valence-corrected chi connectivity index (χ0v) is 12.3. The third-order valence-electron chi connectivity index (χ3n) is 3.40. The summed E-state index contributed by atoms with van der Waals surface area (Å²) in [5, 5.41) is 8.80. The molecule has 1 saturated heterocycles. The molecule has 2 rings (SSSR count). The van der Waals surface area contributed by atoms with Crippen LogP contribution in [0.1, 0.15) is 5.56 Å². The summed E-state index contributed by atoms with van der Waals surface area (Å²) in [5.74, 6) is 2.55. The Kier molecular flexibility index (Phi) is 4.49. The Morgan fingerprint density at radius 3 is 2.48 bits per heavy atom. The predicted molar refractivity (Wildman–Crippen MR) is 79.6 cm³/mol. The van der Waals surface area contributed by atoms with Crippen LogP contribution in [0.25, 0.3) is 0 Å². The largest absolute Gasteiger partial charge is 0.398 e. The molecule has 0 aliphatic carbocycles. The first-order valence-electron chi connectivity index (χ1n) is 6.44. The van der Waals surface area contributed by atoms with Gasteiger partial charge in [0, 0.05) is 26.2 Å². The van der Waals surface area contributed by atoms with E-state index in [2.05, 4.69) is 5.92 Å². The SMILES string of the molecule is C#CCN1CCN(S(=O)(=O)c2ccc(C#N)cc2N)CC1. The highest BCUT2D eigenvalue weighted by atomic mass is 32.2. The van der Waals surface area contributed by atoms with Crippen LogP contribution in [-0.4, -0.2) is 50.3 Å². The van der Waals surface area contributed by atoms with Crippen molar-refractivity contribution >= 4 is 15.7 Å². The van der Waals surface area contributed by atoms with E-state index in [1.807, 2.05) is 11.0 Å². The number of hydrogen-bond donors (Lipinski definition) is 1. The smallest absolute Gasteiger partial charge is 0.245 e. The van der Waals surface area contributed by atoms with Gasteiger partial charge in [0.2, 0.25) is 10.0 Å². The van der Waals surface area contributed by atoms with Crippen molar-refractivity contribution in [2.75, 3.05) is 38.5 Å². The number of piperazine rings is 1. The molecule has 1 fully saturated rings. The summed E-state index contributed by atoms with van der Waals surface area (Å²) in [7, 11) is -3.64. The molecule has 6 nitrogen and oxygen atoms in total. The van der Waals surface area contributed by atoms with Gasteiger partial charge in [0.1, 0.15) is 4.90 Å². The average molecular weight is 304 g/mol. The summed E-state index contributed by atoms with van der Waals surface area (Å²) in [6.45, 7) is 2.47. The zero-order valence-electron chi connectivity index (χ0n) is 11.5. The molecule has 0 aromatic heterocycles. The number of anilines is 1. The lowest BCUT2D eigenvalue weighted by Crippen LogP contribution is -2.48. The van der Waals surface area contributed by atoms with E-state index >= 15 is 0 Å². The standard InChI is InChI=1S/C14H16N4O2S/c1-2-5-17-6-8-18(9-7-17)21(19,20)14-4-3-12(11-15)10-13(14)16/h1,3-4,10H,5-9,16H2. The van der Waals surface area contributed by atoms with Gasteiger partial charge in [0.05, 0.1) is 23.9 Å². The van der Waals surface area contributed by atoms with E-state index in [-0.39, 0.29) is 10.6 Å². The summed E-state index contributed by atoms with van der Waals surface area (Å²) >= 11 is 0. The zero-order chi connectivity index (χ0) is 15.5. The molecule has 0 saturated carbocycles. The highest BCUT2D eigenvalue weighted by Crippen LogP contribution is 2.24. The Labute approximate surface area is 124 Å². The Bertz CT molecular complexity index is 707. The first kappa shape index (κ1) is 15.3. The lowest BCUT2D eigenvalue weighted by atomic mass is 10.2.